The van der Waals surface area contributed by atoms with Crippen molar-refractivity contribution < 1.29 is 4.74 Å². The summed E-state index contributed by atoms with van der Waals surface area (Å²) in [7, 11) is 1.73. The SMILES string of the molecule is COc1c(N[C@H]2CC[C@@H](C3CCCCC3)CC2)ccnc1C. The maximum Gasteiger partial charge on any atom is 0.163 e. The smallest absolute Gasteiger partial charge is 0.163 e. The van der Waals surface area contributed by atoms with E-state index < -0.39 is 0 Å². The maximum absolute atomic E-state index is 5.51. The highest BCUT2D eigenvalue weighted by Gasteiger charge is 2.28. The van der Waals surface area contributed by atoms with Gasteiger partial charge in [0.15, 0.2) is 5.75 Å². The van der Waals surface area contributed by atoms with Crippen LogP contribution >= 0.6 is 0 Å². The molecule has 0 aliphatic heterocycles. The quantitative estimate of drug-likeness (QED) is 0.854. The van der Waals surface area contributed by atoms with Gasteiger partial charge in [0.25, 0.3) is 0 Å². The highest BCUT2D eigenvalue weighted by molar-refractivity contribution is 5.58. The van der Waals surface area contributed by atoms with Gasteiger partial charge in [-0.3, -0.25) is 4.98 Å². The molecule has 2 fully saturated rings. The molecule has 0 atom stereocenters. The minimum absolute atomic E-state index is 0.593. The lowest BCUT2D eigenvalue weighted by atomic mass is 9.72. The second kappa shape index (κ2) is 7.34. The van der Waals surface area contributed by atoms with Gasteiger partial charge in [-0.15, -0.1) is 0 Å². The summed E-state index contributed by atoms with van der Waals surface area (Å²) in [5.74, 6) is 2.91. The number of nitrogens with zero attached hydrogens (tertiary/aromatic N) is 1. The number of methoxy groups -OCH3 is 1. The van der Waals surface area contributed by atoms with Crippen LogP contribution in [0.15, 0.2) is 12.3 Å². The number of aromatic nitrogens is 1. The number of pyridine rings is 1. The van der Waals surface area contributed by atoms with Gasteiger partial charge in [0, 0.05) is 12.2 Å². The largest absolute Gasteiger partial charge is 0.493 e. The number of hydrogen-bond acceptors (Lipinski definition) is 3. The predicted molar refractivity (Wildman–Crippen MR) is 91.5 cm³/mol. The molecule has 1 aromatic rings. The Morgan fingerprint density at radius 2 is 1.68 bits per heavy atom. The monoisotopic (exact) mass is 302 g/mol. The van der Waals surface area contributed by atoms with Crippen molar-refractivity contribution >= 4 is 5.69 Å². The van der Waals surface area contributed by atoms with Crippen LogP contribution in [0.25, 0.3) is 0 Å². The van der Waals surface area contributed by atoms with Crippen molar-refractivity contribution in [1.82, 2.24) is 4.98 Å². The van der Waals surface area contributed by atoms with E-state index >= 15 is 0 Å². The molecule has 0 bridgehead atoms. The van der Waals surface area contributed by atoms with Gasteiger partial charge in [-0.25, -0.2) is 0 Å². The van der Waals surface area contributed by atoms with E-state index in [0.717, 1.165) is 29.0 Å². The first-order valence-corrected chi connectivity index (χ1v) is 9.04. The average molecular weight is 302 g/mol. The standard InChI is InChI=1S/C19H30N2O/c1-14-19(22-2)18(12-13-20-14)21-17-10-8-16(9-11-17)15-6-4-3-5-7-15/h12-13,15-17H,3-11H2,1-2H3,(H,20,21)/t16-,17+. The number of aryl methyl sites for hydroxylation is 1. The van der Waals surface area contributed by atoms with E-state index in [9.17, 15) is 0 Å². The van der Waals surface area contributed by atoms with Crippen LogP contribution in [0.2, 0.25) is 0 Å². The lowest BCUT2D eigenvalue weighted by Gasteiger charge is -2.36. The average Bonchev–Trinajstić information content (AvgIpc) is 2.57. The van der Waals surface area contributed by atoms with Crippen molar-refractivity contribution in [3.8, 4) is 5.75 Å². The molecule has 2 aliphatic carbocycles. The third kappa shape index (κ3) is 3.56. The lowest BCUT2D eigenvalue weighted by molar-refractivity contribution is 0.190. The van der Waals surface area contributed by atoms with Crippen molar-refractivity contribution in [2.24, 2.45) is 11.8 Å². The third-order valence-corrected chi connectivity index (χ3v) is 5.73. The van der Waals surface area contributed by atoms with Gasteiger partial charge in [0.2, 0.25) is 0 Å². The van der Waals surface area contributed by atoms with Crippen LogP contribution in [0.1, 0.15) is 63.5 Å². The summed E-state index contributed by atoms with van der Waals surface area (Å²) >= 11 is 0. The van der Waals surface area contributed by atoms with Gasteiger partial charge >= 0.3 is 0 Å². The van der Waals surface area contributed by atoms with Gasteiger partial charge in [-0.05, 0) is 50.5 Å². The molecule has 1 aromatic heterocycles. The first-order valence-electron chi connectivity index (χ1n) is 9.04. The minimum Gasteiger partial charge on any atom is -0.493 e. The molecule has 1 heterocycles. The fraction of sp³-hybridized carbons (Fsp3) is 0.737. The van der Waals surface area contributed by atoms with Gasteiger partial charge < -0.3 is 10.1 Å². The Labute approximate surface area is 134 Å². The highest BCUT2D eigenvalue weighted by atomic mass is 16.5. The summed E-state index contributed by atoms with van der Waals surface area (Å²) in [5, 5.41) is 3.70. The second-order valence-electron chi connectivity index (χ2n) is 7.13. The van der Waals surface area contributed by atoms with Crippen LogP contribution in [0.3, 0.4) is 0 Å². The zero-order valence-corrected chi connectivity index (χ0v) is 14.1. The van der Waals surface area contributed by atoms with E-state index in [0.29, 0.717) is 6.04 Å². The van der Waals surface area contributed by atoms with Gasteiger partial charge in [-0.1, -0.05) is 32.1 Å². The molecule has 3 heteroatoms. The van der Waals surface area contributed by atoms with E-state index in [-0.39, 0.29) is 0 Å². The van der Waals surface area contributed by atoms with Crippen LogP contribution in [0.5, 0.6) is 5.75 Å². The van der Waals surface area contributed by atoms with E-state index in [1.165, 1.54) is 57.8 Å². The van der Waals surface area contributed by atoms with Gasteiger partial charge in [0.05, 0.1) is 18.5 Å². The summed E-state index contributed by atoms with van der Waals surface area (Å²) in [4.78, 5) is 4.31. The summed E-state index contributed by atoms with van der Waals surface area (Å²) in [5.41, 5.74) is 2.07. The van der Waals surface area contributed by atoms with Gasteiger partial charge in [0.1, 0.15) is 0 Å². The number of hydrogen-bond donors (Lipinski definition) is 1. The molecule has 0 spiro atoms. The Kier molecular flexibility index (Phi) is 5.22. The minimum atomic E-state index is 0.593. The summed E-state index contributed by atoms with van der Waals surface area (Å²) in [6.07, 6.45) is 14.6. The van der Waals surface area contributed by atoms with Crippen molar-refractivity contribution in [3.05, 3.63) is 18.0 Å². The Hall–Kier alpha value is -1.25. The second-order valence-corrected chi connectivity index (χ2v) is 7.13. The van der Waals surface area contributed by atoms with Crippen LogP contribution in [0.4, 0.5) is 5.69 Å². The molecule has 0 aromatic carbocycles. The number of nitrogens with one attached hydrogen (secondary N) is 1. The van der Waals surface area contributed by atoms with E-state index in [2.05, 4.69) is 10.3 Å². The molecule has 22 heavy (non-hydrogen) atoms. The van der Waals surface area contributed by atoms with Crippen molar-refractivity contribution in [2.45, 2.75) is 70.8 Å². The topological polar surface area (TPSA) is 34.1 Å². The summed E-state index contributed by atoms with van der Waals surface area (Å²) < 4.78 is 5.51. The molecule has 2 saturated carbocycles. The number of rotatable bonds is 4. The molecule has 2 aliphatic rings. The molecule has 3 rings (SSSR count). The summed E-state index contributed by atoms with van der Waals surface area (Å²) in [6.45, 7) is 2.00. The van der Waals surface area contributed by atoms with Crippen LogP contribution in [0, 0.1) is 18.8 Å². The highest BCUT2D eigenvalue weighted by Crippen LogP contribution is 2.39. The molecule has 122 valence electrons. The molecule has 3 nitrogen and oxygen atoms in total. The molecule has 0 saturated heterocycles. The van der Waals surface area contributed by atoms with E-state index in [1.54, 1.807) is 7.11 Å². The van der Waals surface area contributed by atoms with E-state index in [1.807, 2.05) is 19.2 Å². The molecule has 0 amide bonds. The fourth-order valence-electron chi connectivity index (χ4n) is 4.48. The Bertz CT molecular complexity index is 474. The third-order valence-electron chi connectivity index (χ3n) is 5.73. The van der Waals surface area contributed by atoms with Gasteiger partial charge in [-0.2, -0.15) is 0 Å². The van der Waals surface area contributed by atoms with Crippen LogP contribution in [-0.4, -0.2) is 18.1 Å². The molecular weight excluding hydrogens is 272 g/mol. The van der Waals surface area contributed by atoms with Crippen molar-refractivity contribution in [2.75, 3.05) is 12.4 Å². The van der Waals surface area contributed by atoms with E-state index in [4.69, 9.17) is 4.74 Å². The Morgan fingerprint density at radius 1 is 1.00 bits per heavy atom. The molecule has 1 N–H and O–H groups in total. The molecular formula is C19H30N2O. The molecule has 0 radical (unpaired) electrons. The maximum atomic E-state index is 5.51. The van der Waals surface area contributed by atoms with Crippen molar-refractivity contribution in [1.29, 1.82) is 0 Å². The fourth-order valence-corrected chi connectivity index (χ4v) is 4.48. The zero-order valence-electron chi connectivity index (χ0n) is 14.1. The molecule has 0 unspecified atom stereocenters. The Morgan fingerprint density at radius 3 is 2.36 bits per heavy atom. The normalized spacial score (nSPS) is 26.6. The zero-order chi connectivity index (χ0) is 15.4. The Balaban J connectivity index is 1.54. The number of ether oxygens (including phenoxy) is 1. The van der Waals surface area contributed by atoms with Crippen LogP contribution < -0.4 is 10.1 Å². The predicted octanol–water partition coefficient (Wildman–Crippen LogP) is 4.95. The number of anilines is 1. The lowest BCUT2D eigenvalue weighted by Crippen LogP contribution is -2.30. The van der Waals surface area contributed by atoms with Crippen molar-refractivity contribution in [3.63, 3.8) is 0 Å². The first-order chi connectivity index (χ1) is 10.8. The van der Waals surface area contributed by atoms with Crippen LogP contribution in [-0.2, 0) is 0 Å². The first kappa shape index (κ1) is 15.6. The summed E-state index contributed by atoms with van der Waals surface area (Å²) in [6, 6.07) is 2.63.